The number of nitrogens with zero attached hydrogens (tertiary/aromatic N) is 3. The summed E-state index contributed by atoms with van der Waals surface area (Å²) in [6.07, 6.45) is 4.03. The van der Waals surface area contributed by atoms with E-state index < -0.39 is 6.09 Å². The van der Waals surface area contributed by atoms with Crippen LogP contribution in [0, 0.1) is 0 Å². The van der Waals surface area contributed by atoms with E-state index in [9.17, 15) is 9.59 Å². The topological polar surface area (TPSA) is 100 Å². The third-order valence-corrected chi connectivity index (χ3v) is 9.43. The van der Waals surface area contributed by atoms with Crippen LogP contribution < -0.4 is 11.1 Å². The minimum Gasteiger partial charge on any atom is -0.445 e. The van der Waals surface area contributed by atoms with Crippen molar-refractivity contribution in [2.24, 2.45) is 5.73 Å². The summed E-state index contributed by atoms with van der Waals surface area (Å²) in [5.41, 5.74) is 8.79. The fourth-order valence-electron chi connectivity index (χ4n) is 6.90. The molecule has 3 amide bonds. The summed E-state index contributed by atoms with van der Waals surface area (Å²) in [4.78, 5) is 32.1. The van der Waals surface area contributed by atoms with Gasteiger partial charge in [0.1, 0.15) is 6.10 Å². The first-order chi connectivity index (χ1) is 22.4. The third kappa shape index (κ3) is 9.21. The van der Waals surface area contributed by atoms with Gasteiger partial charge in [-0.3, -0.25) is 9.80 Å². The van der Waals surface area contributed by atoms with Crippen LogP contribution >= 0.6 is 0 Å². The van der Waals surface area contributed by atoms with E-state index in [-0.39, 0.29) is 24.2 Å². The van der Waals surface area contributed by atoms with Gasteiger partial charge >= 0.3 is 12.1 Å². The van der Waals surface area contributed by atoms with Crippen LogP contribution in [0.25, 0.3) is 10.8 Å². The van der Waals surface area contributed by atoms with Crippen LogP contribution in [-0.4, -0.2) is 84.9 Å². The Morgan fingerprint density at radius 2 is 1.74 bits per heavy atom. The van der Waals surface area contributed by atoms with Gasteiger partial charge in [0.15, 0.2) is 0 Å². The number of nitrogens with one attached hydrogen (secondary N) is 1. The van der Waals surface area contributed by atoms with Crippen LogP contribution in [0.1, 0.15) is 68.7 Å². The molecular weight excluding hydrogens is 578 g/mol. The minimum absolute atomic E-state index is 0.0530. The van der Waals surface area contributed by atoms with Crippen LogP contribution in [0.5, 0.6) is 0 Å². The molecule has 2 heterocycles. The van der Waals surface area contributed by atoms with Crippen molar-refractivity contribution in [2.45, 2.75) is 77.2 Å². The number of benzene rings is 3. The number of hydrogen-bond acceptors (Lipinski definition) is 6. The maximum atomic E-state index is 13.8. The van der Waals surface area contributed by atoms with Gasteiger partial charge in [0.2, 0.25) is 0 Å². The van der Waals surface area contributed by atoms with Crippen molar-refractivity contribution in [3.8, 4) is 0 Å². The first-order valence-electron chi connectivity index (χ1n) is 17.0. The highest BCUT2D eigenvalue weighted by Crippen LogP contribution is 2.28. The molecule has 0 radical (unpaired) electrons. The van der Waals surface area contributed by atoms with Crippen molar-refractivity contribution in [1.82, 2.24) is 20.0 Å². The molecule has 5 rings (SSSR count). The van der Waals surface area contributed by atoms with Gasteiger partial charge < -0.3 is 25.4 Å². The number of likely N-dealkylation sites (tertiary alicyclic amines) is 1. The number of amides is 3. The molecular formula is C37H51N5O4. The first kappa shape index (κ1) is 33.7. The highest BCUT2D eigenvalue weighted by atomic mass is 16.6. The Balaban J connectivity index is 1.24. The minimum atomic E-state index is -0.692. The molecule has 46 heavy (non-hydrogen) atoms. The number of nitrogens with two attached hydrogens (primary N) is 1. The summed E-state index contributed by atoms with van der Waals surface area (Å²) in [5, 5.41) is 5.63. The molecule has 3 aromatic rings. The summed E-state index contributed by atoms with van der Waals surface area (Å²) >= 11 is 0. The monoisotopic (exact) mass is 629 g/mol. The van der Waals surface area contributed by atoms with E-state index in [0.29, 0.717) is 13.1 Å². The molecule has 0 bridgehead atoms. The predicted molar refractivity (Wildman–Crippen MR) is 182 cm³/mol. The number of carbonyl (C=O) groups is 2. The number of fused-ring (bicyclic) bond motifs is 1. The molecule has 0 aliphatic carbocycles. The van der Waals surface area contributed by atoms with Crippen LogP contribution in [0.4, 0.5) is 9.59 Å². The van der Waals surface area contributed by atoms with Gasteiger partial charge in [-0.1, -0.05) is 86.5 Å². The lowest BCUT2D eigenvalue weighted by atomic mass is 10.00. The molecule has 3 N–H and O–H groups in total. The van der Waals surface area contributed by atoms with Crippen LogP contribution in [0.15, 0.2) is 66.7 Å². The maximum absolute atomic E-state index is 13.8. The highest BCUT2D eigenvalue weighted by molar-refractivity contribution is 5.86. The normalized spacial score (nSPS) is 19.6. The molecule has 2 aliphatic heterocycles. The number of hydrogen-bond donors (Lipinski definition) is 2. The second-order valence-electron chi connectivity index (χ2n) is 12.7. The van der Waals surface area contributed by atoms with Gasteiger partial charge in [0.25, 0.3) is 0 Å². The molecule has 9 nitrogen and oxygen atoms in total. The molecule has 3 atom stereocenters. The molecule has 0 aromatic heterocycles. The Bertz CT molecular complexity index is 1410. The lowest BCUT2D eigenvalue weighted by Crippen LogP contribution is -2.43. The fourth-order valence-corrected chi connectivity index (χ4v) is 6.90. The van der Waals surface area contributed by atoms with E-state index in [4.69, 9.17) is 15.2 Å². The number of urea groups is 1. The van der Waals surface area contributed by atoms with Crippen molar-refractivity contribution in [1.29, 1.82) is 0 Å². The van der Waals surface area contributed by atoms with E-state index in [2.05, 4.69) is 83.6 Å². The molecule has 3 aromatic carbocycles. The number of morpholine rings is 1. The number of ether oxygens (including phenoxy) is 2. The fraction of sp³-hybridized carbons (Fsp3) is 0.514. The van der Waals surface area contributed by atoms with Gasteiger partial charge in [0.05, 0.1) is 19.3 Å². The average molecular weight is 630 g/mol. The molecule has 2 saturated heterocycles. The SMILES string of the molecule is CCCC[C@H]1C(OC(N)=O)CCN1Cc1ccc(CN(CCCN2CCOCC2)C(=O)N[C@@H](C)c2cccc3ccccc23)cc1. The van der Waals surface area contributed by atoms with Gasteiger partial charge in [-0.05, 0) is 53.6 Å². The van der Waals surface area contributed by atoms with Crippen LogP contribution in [0.2, 0.25) is 0 Å². The summed E-state index contributed by atoms with van der Waals surface area (Å²) < 4.78 is 11.0. The van der Waals surface area contributed by atoms with E-state index in [1.807, 2.05) is 17.0 Å². The third-order valence-electron chi connectivity index (χ3n) is 9.43. The number of unbranched alkanes of at least 4 members (excludes halogenated alkanes) is 1. The largest absolute Gasteiger partial charge is 0.445 e. The van der Waals surface area contributed by atoms with Gasteiger partial charge in [0, 0.05) is 51.9 Å². The van der Waals surface area contributed by atoms with Crippen LogP contribution in [-0.2, 0) is 22.6 Å². The zero-order valence-electron chi connectivity index (χ0n) is 27.5. The van der Waals surface area contributed by atoms with Gasteiger partial charge in [-0.2, -0.15) is 0 Å². The highest BCUT2D eigenvalue weighted by Gasteiger charge is 2.35. The zero-order valence-corrected chi connectivity index (χ0v) is 27.5. The zero-order chi connectivity index (χ0) is 32.3. The van der Waals surface area contributed by atoms with Crippen molar-refractivity contribution in [3.63, 3.8) is 0 Å². The Hall–Kier alpha value is -3.66. The molecule has 1 unspecified atom stereocenters. The average Bonchev–Trinajstić information content (AvgIpc) is 3.43. The Morgan fingerprint density at radius 3 is 2.50 bits per heavy atom. The molecule has 2 aliphatic rings. The first-order valence-corrected chi connectivity index (χ1v) is 17.0. The summed E-state index contributed by atoms with van der Waals surface area (Å²) in [6.45, 7) is 11.5. The quantitative estimate of drug-likeness (QED) is 0.225. The van der Waals surface area contributed by atoms with E-state index in [0.717, 1.165) is 94.6 Å². The predicted octanol–water partition coefficient (Wildman–Crippen LogP) is 6.06. The Morgan fingerprint density at radius 1 is 1.00 bits per heavy atom. The number of carbonyl (C=O) groups excluding carboxylic acids is 2. The van der Waals surface area contributed by atoms with Crippen molar-refractivity contribution < 1.29 is 19.1 Å². The second-order valence-corrected chi connectivity index (χ2v) is 12.7. The number of primary amides is 1. The summed E-state index contributed by atoms with van der Waals surface area (Å²) in [7, 11) is 0. The molecule has 0 spiro atoms. The van der Waals surface area contributed by atoms with Crippen LogP contribution in [0.3, 0.4) is 0 Å². The summed E-state index contributed by atoms with van der Waals surface area (Å²) in [6, 6.07) is 23.2. The molecule has 9 heteroatoms. The number of rotatable bonds is 14. The van der Waals surface area contributed by atoms with E-state index in [1.54, 1.807) is 0 Å². The van der Waals surface area contributed by atoms with Crippen molar-refractivity contribution in [3.05, 3.63) is 83.4 Å². The lowest BCUT2D eigenvalue weighted by Gasteiger charge is -2.29. The second kappa shape index (κ2) is 16.8. The van der Waals surface area contributed by atoms with E-state index in [1.165, 1.54) is 10.9 Å². The van der Waals surface area contributed by atoms with Crippen molar-refractivity contribution >= 4 is 22.9 Å². The smallest absolute Gasteiger partial charge is 0.404 e. The standard InChI is InChI=1S/C37H51N5O4/c1-3-4-13-34-35(46-36(38)43)18-21-41(34)26-29-14-16-30(17-15-29)27-42(20-8-19-40-22-24-45-25-23-40)37(44)39-28(2)32-12-7-10-31-9-5-6-11-33(31)32/h5-7,9-12,14-17,28,34-35H,3-4,8,13,18-27H2,1-2H3,(H2,38,43)(H,39,44)/t28-,34-,35?/m0/s1. The van der Waals surface area contributed by atoms with E-state index >= 15 is 0 Å². The maximum Gasteiger partial charge on any atom is 0.404 e. The molecule has 2 fully saturated rings. The molecule has 248 valence electrons. The Kier molecular flexibility index (Phi) is 12.3. The Labute approximate surface area is 274 Å². The van der Waals surface area contributed by atoms with Gasteiger partial charge in [-0.25, -0.2) is 9.59 Å². The van der Waals surface area contributed by atoms with Crippen molar-refractivity contribution in [2.75, 3.05) is 45.9 Å². The van der Waals surface area contributed by atoms with Gasteiger partial charge in [-0.15, -0.1) is 0 Å². The molecule has 0 saturated carbocycles. The summed E-state index contributed by atoms with van der Waals surface area (Å²) in [5.74, 6) is 0. The lowest BCUT2D eigenvalue weighted by molar-refractivity contribution is 0.0364.